The molecule has 0 amide bonds. The zero-order chi connectivity index (χ0) is 22.1. The first-order valence-corrected chi connectivity index (χ1v) is 9.51. The fourth-order valence-electron chi connectivity index (χ4n) is 3.20. The molecule has 0 radical (unpaired) electrons. The summed E-state index contributed by atoms with van der Waals surface area (Å²) in [6.45, 7) is -0.562. The number of hydrogen-bond acceptors (Lipinski definition) is 7. The zero-order valence-electron chi connectivity index (χ0n) is 17.8. The average molecular weight is 418 g/mol. The highest BCUT2D eigenvalue weighted by molar-refractivity contribution is 5.56. The highest BCUT2D eigenvalue weighted by atomic mass is 16.5. The van der Waals surface area contributed by atoms with Crippen LogP contribution in [0.1, 0.15) is 17.5 Å². The Morgan fingerprint density at radius 2 is 1.43 bits per heavy atom. The van der Waals surface area contributed by atoms with Gasteiger partial charge in [0.25, 0.3) is 0 Å². The van der Waals surface area contributed by atoms with Crippen LogP contribution in [0, 0.1) is 0 Å². The molecule has 0 fully saturated rings. The Bertz CT molecular complexity index is 849. The minimum Gasteiger partial charge on any atom is -0.493 e. The van der Waals surface area contributed by atoms with Crippen LogP contribution in [-0.4, -0.2) is 62.1 Å². The number of aliphatic hydroxyl groups excluding tert-OH is 2. The van der Waals surface area contributed by atoms with Gasteiger partial charge in [-0.2, -0.15) is 0 Å². The number of methoxy groups -OCH3 is 4. The molecule has 0 saturated heterocycles. The van der Waals surface area contributed by atoms with E-state index in [0.717, 1.165) is 11.1 Å². The second kappa shape index (κ2) is 10.9. The maximum Gasteiger partial charge on any atom is 0.161 e. The molecule has 2 rings (SSSR count). The molecule has 0 aliphatic carbocycles. The lowest BCUT2D eigenvalue weighted by Crippen LogP contribution is -2.46. The highest BCUT2D eigenvalue weighted by Gasteiger charge is 2.34. The summed E-state index contributed by atoms with van der Waals surface area (Å²) in [6.07, 6.45) is 2.48. The van der Waals surface area contributed by atoms with Gasteiger partial charge in [0.2, 0.25) is 0 Å². The first-order valence-electron chi connectivity index (χ1n) is 9.51. The molecule has 2 atom stereocenters. The summed E-state index contributed by atoms with van der Waals surface area (Å²) in [5, 5.41) is 30.9. The summed E-state index contributed by atoms with van der Waals surface area (Å²) in [6, 6.07) is 10.7. The Morgan fingerprint density at radius 1 is 0.867 bits per heavy atom. The van der Waals surface area contributed by atoms with Crippen molar-refractivity contribution in [1.82, 2.24) is 0 Å². The molecular formula is C23H30O7. The van der Waals surface area contributed by atoms with Gasteiger partial charge in [0, 0.05) is 6.42 Å². The Morgan fingerprint density at radius 3 is 2.00 bits per heavy atom. The molecule has 7 nitrogen and oxygen atoms in total. The molecule has 0 aromatic heterocycles. The second-order valence-corrected chi connectivity index (χ2v) is 6.89. The smallest absolute Gasteiger partial charge is 0.161 e. The molecule has 2 aromatic rings. The van der Waals surface area contributed by atoms with Gasteiger partial charge in [-0.25, -0.2) is 0 Å². The summed E-state index contributed by atoms with van der Waals surface area (Å²) in [7, 11) is 6.20. The molecule has 164 valence electrons. The van der Waals surface area contributed by atoms with Crippen molar-refractivity contribution in [2.45, 2.75) is 24.5 Å². The first-order chi connectivity index (χ1) is 14.4. The molecule has 0 heterocycles. The largest absolute Gasteiger partial charge is 0.493 e. The Kier molecular flexibility index (Phi) is 8.53. The van der Waals surface area contributed by atoms with Crippen molar-refractivity contribution in [3.05, 3.63) is 53.6 Å². The van der Waals surface area contributed by atoms with E-state index in [9.17, 15) is 15.3 Å². The van der Waals surface area contributed by atoms with Crippen molar-refractivity contribution in [2.24, 2.45) is 0 Å². The van der Waals surface area contributed by atoms with E-state index in [1.807, 2.05) is 18.2 Å². The lowest BCUT2D eigenvalue weighted by atomic mass is 9.85. The summed E-state index contributed by atoms with van der Waals surface area (Å²) in [4.78, 5) is 0. The van der Waals surface area contributed by atoms with Crippen LogP contribution in [0.3, 0.4) is 0 Å². The predicted octanol–water partition coefficient (Wildman–Crippen LogP) is 2.45. The lowest BCUT2D eigenvalue weighted by Gasteiger charge is -2.31. The van der Waals surface area contributed by atoms with E-state index < -0.39 is 18.3 Å². The molecule has 0 bridgehead atoms. The SMILES string of the molecule is COc1ccc(C=CCC(O)(Cc2ccc(OC)c(OC)c2)C(O)CO)cc1OC. The zero-order valence-corrected chi connectivity index (χ0v) is 17.8. The highest BCUT2D eigenvalue weighted by Crippen LogP contribution is 2.31. The number of rotatable bonds is 11. The molecule has 0 saturated carbocycles. The molecule has 0 aliphatic rings. The third-order valence-electron chi connectivity index (χ3n) is 4.94. The second-order valence-electron chi connectivity index (χ2n) is 6.89. The molecule has 0 spiro atoms. The number of hydrogen-bond donors (Lipinski definition) is 3. The van der Waals surface area contributed by atoms with Gasteiger partial charge in [-0.1, -0.05) is 24.3 Å². The standard InChI is InChI=1S/C23H30O7/c1-27-18-9-7-16(12-20(18)29-3)6-5-11-23(26,22(25)15-24)14-17-8-10-19(28-2)21(13-17)30-4/h5-10,12-13,22,24-26H,11,14-15H2,1-4H3. The molecule has 7 heteroatoms. The van der Waals surface area contributed by atoms with Gasteiger partial charge >= 0.3 is 0 Å². The summed E-state index contributed by atoms with van der Waals surface area (Å²) in [5.74, 6) is 2.31. The van der Waals surface area contributed by atoms with Crippen LogP contribution >= 0.6 is 0 Å². The number of benzene rings is 2. The average Bonchev–Trinajstić information content (AvgIpc) is 2.78. The molecule has 3 N–H and O–H groups in total. The topological polar surface area (TPSA) is 97.6 Å². The van der Waals surface area contributed by atoms with Crippen molar-refractivity contribution in [2.75, 3.05) is 35.0 Å². The van der Waals surface area contributed by atoms with Crippen LogP contribution in [0.4, 0.5) is 0 Å². The van der Waals surface area contributed by atoms with Gasteiger partial charge in [-0.3, -0.25) is 0 Å². The maximum absolute atomic E-state index is 11.1. The normalized spacial score (nSPS) is 14.2. The monoisotopic (exact) mass is 418 g/mol. The van der Waals surface area contributed by atoms with E-state index in [1.165, 1.54) is 7.11 Å². The van der Waals surface area contributed by atoms with Gasteiger partial charge in [0.15, 0.2) is 23.0 Å². The maximum atomic E-state index is 11.1. The summed E-state index contributed by atoms with van der Waals surface area (Å²) in [5.41, 5.74) is 0.0169. The van der Waals surface area contributed by atoms with Crippen LogP contribution in [0.15, 0.2) is 42.5 Å². The fourth-order valence-corrected chi connectivity index (χ4v) is 3.20. The minimum absolute atomic E-state index is 0.116. The van der Waals surface area contributed by atoms with Crippen LogP contribution in [-0.2, 0) is 6.42 Å². The van der Waals surface area contributed by atoms with E-state index in [4.69, 9.17) is 18.9 Å². The van der Waals surface area contributed by atoms with Crippen molar-refractivity contribution >= 4 is 6.08 Å². The van der Waals surface area contributed by atoms with Gasteiger partial charge in [-0.15, -0.1) is 0 Å². The number of aliphatic hydroxyl groups is 3. The van der Waals surface area contributed by atoms with Gasteiger partial charge < -0.3 is 34.3 Å². The summed E-state index contributed by atoms with van der Waals surface area (Å²) >= 11 is 0. The van der Waals surface area contributed by atoms with Crippen LogP contribution in [0.5, 0.6) is 23.0 Å². The van der Waals surface area contributed by atoms with Crippen LogP contribution in [0.2, 0.25) is 0 Å². The van der Waals surface area contributed by atoms with Gasteiger partial charge in [-0.05, 0) is 41.8 Å². The third kappa shape index (κ3) is 5.66. The number of ether oxygens (including phenoxy) is 4. The molecule has 2 unspecified atom stereocenters. The van der Waals surface area contributed by atoms with Crippen molar-refractivity contribution < 1.29 is 34.3 Å². The Hall–Kier alpha value is -2.74. The predicted molar refractivity (Wildman–Crippen MR) is 114 cm³/mol. The van der Waals surface area contributed by atoms with E-state index in [1.54, 1.807) is 51.7 Å². The third-order valence-corrected chi connectivity index (χ3v) is 4.94. The Balaban J connectivity index is 2.22. The van der Waals surface area contributed by atoms with Crippen molar-refractivity contribution in [3.63, 3.8) is 0 Å². The summed E-state index contributed by atoms with van der Waals surface area (Å²) < 4.78 is 21.1. The van der Waals surface area contributed by atoms with Crippen LogP contribution in [0.25, 0.3) is 6.08 Å². The molecule has 0 aliphatic heterocycles. The minimum atomic E-state index is -1.57. The molecular weight excluding hydrogens is 388 g/mol. The lowest BCUT2D eigenvalue weighted by molar-refractivity contribution is -0.0921. The molecule has 2 aromatic carbocycles. The Labute approximate surface area is 177 Å². The van der Waals surface area contributed by atoms with E-state index >= 15 is 0 Å². The van der Waals surface area contributed by atoms with E-state index in [0.29, 0.717) is 23.0 Å². The van der Waals surface area contributed by atoms with E-state index in [-0.39, 0.29) is 12.8 Å². The molecule has 30 heavy (non-hydrogen) atoms. The van der Waals surface area contributed by atoms with Crippen molar-refractivity contribution in [3.8, 4) is 23.0 Å². The van der Waals surface area contributed by atoms with E-state index in [2.05, 4.69) is 0 Å². The van der Waals surface area contributed by atoms with Gasteiger partial charge in [0.05, 0.1) is 35.0 Å². The fraction of sp³-hybridized carbons (Fsp3) is 0.391. The van der Waals surface area contributed by atoms with Crippen LogP contribution < -0.4 is 18.9 Å². The van der Waals surface area contributed by atoms with Crippen molar-refractivity contribution in [1.29, 1.82) is 0 Å². The first kappa shape index (κ1) is 23.5. The quantitative estimate of drug-likeness (QED) is 0.516. The van der Waals surface area contributed by atoms with Gasteiger partial charge in [0.1, 0.15) is 11.7 Å².